The van der Waals surface area contributed by atoms with Gasteiger partial charge in [-0.2, -0.15) is 11.8 Å². The molecule has 0 bridgehead atoms. The van der Waals surface area contributed by atoms with Crippen molar-refractivity contribution in [2.45, 2.75) is 37.5 Å². The minimum Gasteiger partial charge on any atom is -0.406 e. The molecule has 0 aliphatic carbocycles. The van der Waals surface area contributed by atoms with Crippen LogP contribution in [0.3, 0.4) is 0 Å². The molecule has 1 heterocycles. The Kier molecular flexibility index (Phi) is 8.79. The number of Topliss-reactive ketones (excluding diaryl/α,β-unsaturated/α-hetero) is 1. The Labute approximate surface area is 173 Å². The molecule has 1 aromatic carbocycles. The van der Waals surface area contributed by atoms with Crippen molar-refractivity contribution in [2.75, 3.05) is 18.8 Å². The topological polar surface area (TPSA) is 58.6 Å². The van der Waals surface area contributed by atoms with Gasteiger partial charge in [0.2, 0.25) is 0 Å². The SMILES string of the molecule is C=C/C=C(/C(=O)C1CNCCC1SCC(O)CC)c1ccc(OC(F)(F)F)cc1. The molecule has 1 aliphatic rings. The highest BCUT2D eigenvalue weighted by molar-refractivity contribution is 8.00. The molecule has 1 saturated heterocycles. The fourth-order valence-corrected chi connectivity index (χ4v) is 4.56. The smallest absolute Gasteiger partial charge is 0.406 e. The van der Waals surface area contributed by atoms with Crippen molar-refractivity contribution in [3.8, 4) is 5.75 Å². The van der Waals surface area contributed by atoms with Gasteiger partial charge in [0.1, 0.15) is 5.75 Å². The van der Waals surface area contributed by atoms with E-state index in [2.05, 4.69) is 16.6 Å². The number of nitrogens with one attached hydrogen (secondary N) is 1. The van der Waals surface area contributed by atoms with Gasteiger partial charge >= 0.3 is 6.36 Å². The number of allylic oxidation sites excluding steroid dienone is 3. The van der Waals surface area contributed by atoms with Gasteiger partial charge in [0.15, 0.2) is 5.78 Å². The predicted molar refractivity (Wildman–Crippen MR) is 110 cm³/mol. The summed E-state index contributed by atoms with van der Waals surface area (Å²) in [6.45, 7) is 6.88. The first-order valence-corrected chi connectivity index (χ1v) is 10.5. The normalized spacial score (nSPS) is 21.5. The van der Waals surface area contributed by atoms with E-state index in [1.807, 2.05) is 6.92 Å². The number of ketones is 1. The standard InChI is InChI=1S/C21H26F3NO3S/c1-3-5-17(14-6-8-16(9-7-14)28-21(22,23)24)20(27)18-12-25-11-10-19(18)29-13-15(26)4-2/h3,5-9,15,18-19,25-26H,1,4,10-13H2,2H3/b17-5+. The van der Waals surface area contributed by atoms with Crippen molar-refractivity contribution >= 4 is 23.1 Å². The number of hydrogen-bond donors (Lipinski definition) is 2. The Morgan fingerprint density at radius 1 is 1.41 bits per heavy atom. The molecule has 0 saturated carbocycles. The number of piperidine rings is 1. The van der Waals surface area contributed by atoms with Crippen LogP contribution >= 0.6 is 11.8 Å². The lowest BCUT2D eigenvalue weighted by atomic mass is 9.87. The first kappa shape index (κ1) is 23.5. The van der Waals surface area contributed by atoms with Gasteiger partial charge in [0, 0.05) is 29.0 Å². The number of hydrogen-bond acceptors (Lipinski definition) is 5. The molecule has 0 aromatic heterocycles. The number of rotatable bonds is 9. The lowest BCUT2D eigenvalue weighted by molar-refractivity contribution is -0.274. The van der Waals surface area contributed by atoms with Gasteiger partial charge in [-0.05, 0) is 37.1 Å². The second-order valence-electron chi connectivity index (χ2n) is 6.79. The fourth-order valence-electron chi connectivity index (χ4n) is 3.12. The fraction of sp³-hybridized carbons (Fsp3) is 0.476. The lowest BCUT2D eigenvalue weighted by Gasteiger charge is -2.32. The molecule has 1 aliphatic heterocycles. The van der Waals surface area contributed by atoms with Gasteiger partial charge in [0.05, 0.1) is 6.10 Å². The molecule has 160 valence electrons. The molecule has 2 rings (SSSR count). The van der Waals surface area contributed by atoms with Gasteiger partial charge < -0.3 is 15.2 Å². The maximum atomic E-state index is 13.3. The van der Waals surface area contributed by atoms with E-state index in [9.17, 15) is 23.1 Å². The average molecular weight is 430 g/mol. The van der Waals surface area contributed by atoms with Crippen LogP contribution in [0.1, 0.15) is 25.3 Å². The number of aliphatic hydroxyl groups is 1. The molecule has 1 fully saturated rings. The number of ether oxygens (including phenoxy) is 1. The third-order valence-electron chi connectivity index (χ3n) is 4.68. The van der Waals surface area contributed by atoms with Crippen LogP contribution in [-0.2, 0) is 4.79 Å². The van der Waals surface area contributed by atoms with E-state index >= 15 is 0 Å². The van der Waals surface area contributed by atoms with E-state index < -0.39 is 12.5 Å². The molecule has 29 heavy (non-hydrogen) atoms. The molecule has 8 heteroatoms. The molecular weight excluding hydrogens is 403 g/mol. The second kappa shape index (κ2) is 10.8. The van der Waals surface area contributed by atoms with Crippen molar-refractivity contribution in [1.82, 2.24) is 5.32 Å². The van der Waals surface area contributed by atoms with Crippen LogP contribution in [0.5, 0.6) is 5.75 Å². The minimum absolute atomic E-state index is 0.0611. The zero-order chi connectivity index (χ0) is 21.4. The summed E-state index contributed by atoms with van der Waals surface area (Å²) in [6, 6.07) is 5.26. The molecule has 3 unspecified atom stereocenters. The number of alkyl halides is 3. The summed E-state index contributed by atoms with van der Waals surface area (Å²) in [5.74, 6) is -0.164. The van der Waals surface area contributed by atoms with Crippen molar-refractivity contribution in [1.29, 1.82) is 0 Å². The van der Waals surface area contributed by atoms with Crippen molar-refractivity contribution in [3.05, 3.63) is 48.6 Å². The van der Waals surface area contributed by atoms with Gasteiger partial charge in [-0.25, -0.2) is 0 Å². The third-order valence-corrected chi connectivity index (χ3v) is 6.25. The highest BCUT2D eigenvalue weighted by Crippen LogP contribution is 2.32. The second-order valence-corrected chi connectivity index (χ2v) is 8.06. The molecule has 1 aromatic rings. The molecule has 4 nitrogen and oxygen atoms in total. The Morgan fingerprint density at radius 2 is 2.10 bits per heavy atom. The van der Waals surface area contributed by atoms with E-state index in [0.29, 0.717) is 29.9 Å². The Morgan fingerprint density at radius 3 is 2.69 bits per heavy atom. The Bertz CT molecular complexity index is 719. The number of aliphatic hydroxyl groups excluding tert-OH is 1. The van der Waals surface area contributed by atoms with Crippen LogP contribution in [-0.4, -0.2) is 47.4 Å². The monoisotopic (exact) mass is 429 g/mol. The van der Waals surface area contributed by atoms with Crippen LogP contribution in [0.25, 0.3) is 5.57 Å². The Balaban J connectivity index is 2.19. The number of halogens is 3. The summed E-state index contributed by atoms with van der Waals surface area (Å²) >= 11 is 1.60. The van der Waals surface area contributed by atoms with Crippen molar-refractivity contribution in [3.63, 3.8) is 0 Å². The van der Waals surface area contributed by atoms with E-state index in [1.165, 1.54) is 30.3 Å². The van der Waals surface area contributed by atoms with Crippen LogP contribution in [0, 0.1) is 5.92 Å². The first-order chi connectivity index (χ1) is 13.7. The van der Waals surface area contributed by atoms with E-state index in [-0.39, 0.29) is 22.7 Å². The molecular formula is C21H26F3NO3S. The van der Waals surface area contributed by atoms with Crippen LogP contribution in [0.4, 0.5) is 13.2 Å². The van der Waals surface area contributed by atoms with Gasteiger partial charge in [-0.1, -0.05) is 37.8 Å². The highest BCUT2D eigenvalue weighted by Gasteiger charge is 2.34. The number of benzene rings is 1. The summed E-state index contributed by atoms with van der Waals surface area (Å²) < 4.78 is 41.0. The minimum atomic E-state index is -4.77. The van der Waals surface area contributed by atoms with Gasteiger partial charge in [-0.3, -0.25) is 4.79 Å². The summed E-state index contributed by atoms with van der Waals surface area (Å²) in [7, 11) is 0. The van der Waals surface area contributed by atoms with Gasteiger partial charge in [0.25, 0.3) is 0 Å². The molecule has 3 atom stereocenters. The zero-order valence-corrected chi connectivity index (χ0v) is 17.1. The van der Waals surface area contributed by atoms with Crippen LogP contribution < -0.4 is 10.1 Å². The molecule has 0 amide bonds. The summed E-state index contributed by atoms with van der Waals surface area (Å²) in [5.41, 5.74) is 0.904. The van der Waals surface area contributed by atoms with Crippen molar-refractivity contribution < 1.29 is 27.8 Å². The maximum Gasteiger partial charge on any atom is 0.573 e. The van der Waals surface area contributed by atoms with E-state index in [4.69, 9.17) is 0 Å². The first-order valence-electron chi connectivity index (χ1n) is 9.48. The summed E-state index contributed by atoms with van der Waals surface area (Å²) in [5, 5.41) is 13.2. The van der Waals surface area contributed by atoms with Crippen molar-refractivity contribution in [2.24, 2.45) is 5.92 Å². The maximum absolute atomic E-state index is 13.3. The van der Waals surface area contributed by atoms with E-state index in [0.717, 1.165) is 13.0 Å². The number of carbonyl (C=O) groups excluding carboxylic acids is 1. The molecule has 2 N–H and O–H groups in total. The molecule has 0 radical (unpaired) electrons. The highest BCUT2D eigenvalue weighted by atomic mass is 32.2. The quantitative estimate of drug-likeness (QED) is 0.455. The molecule has 0 spiro atoms. The van der Waals surface area contributed by atoms with Crippen LogP contribution in [0.2, 0.25) is 0 Å². The average Bonchev–Trinajstić information content (AvgIpc) is 2.69. The Hall–Kier alpha value is -1.77. The van der Waals surface area contributed by atoms with Crippen LogP contribution in [0.15, 0.2) is 43.0 Å². The number of carbonyl (C=O) groups is 1. The zero-order valence-electron chi connectivity index (χ0n) is 16.2. The summed E-state index contributed by atoms with van der Waals surface area (Å²) in [6.07, 6.45) is -0.638. The number of thioether (sulfide) groups is 1. The lowest BCUT2D eigenvalue weighted by Crippen LogP contribution is -2.43. The summed E-state index contributed by atoms with van der Waals surface area (Å²) in [4.78, 5) is 13.3. The predicted octanol–water partition coefficient (Wildman–Crippen LogP) is 4.21. The third kappa shape index (κ3) is 7.21. The van der Waals surface area contributed by atoms with E-state index in [1.54, 1.807) is 17.8 Å². The largest absolute Gasteiger partial charge is 0.573 e. The van der Waals surface area contributed by atoms with Gasteiger partial charge in [-0.15, -0.1) is 13.2 Å².